The fraction of sp³-hybridized carbons (Fsp3) is 0.556. The minimum absolute atomic E-state index is 0.201. The van der Waals surface area contributed by atoms with E-state index in [0.29, 0.717) is 12.6 Å². The Labute approximate surface area is 155 Å². The summed E-state index contributed by atoms with van der Waals surface area (Å²) in [5.41, 5.74) is 1.13. The van der Waals surface area contributed by atoms with E-state index in [4.69, 9.17) is 19.4 Å². The number of carboxylic acids is 1. The van der Waals surface area contributed by atoms with Gasteiger partial charge in [0, 0.05) is 25.3 Å². The van der Waals surface area contributed by atoms with Gasteiger partial charge in [-0.25, -0.2) is 4.79 Å². The molecule has 0 bridgehead atoms. The summed E-state index contributed by atoms with van der Waals surface area (Å²) in [4.78, 5) is 15.8. The molecule has 1 saturated carbocycles. The summed E-state index contributed by atoms with van der Waals surface area (Å²) in [6.45, 7) is 6.98. The molecule has 27 heavy (non-hydrogen) atoms. The smallest absolute Gasteiger partial charge is 0.475 e. The lowest BCUT2D eigenvalue weighted by Crippen LogP contribution is -2.51. The number of pyridine rings is 1. The predicted octanol–water partition coefficient (Wildman–Crippen LogP) is 2.65. The lowest BCUT2D eigenvalue weighted by atomic mass is 10.1. The van der Waals surface area contributed by atoms with Gasteiger partial charge in [0.15, 0.2) is 0 Å². The highest BCUT2D eigenvalue weighted by atomic mass is 19.4. The van der Waals surface area contributed by atoms with Crippen LogP contribution < -0.4 is 0 Å². The van der Waals surface area contributed by atoms with E-state index in [1.54, 1.807) is 0 Å². The fourth-order valence-corrected chi connectivity index (χ4v) is 3.26. The van der Waals surface area contributed by atoms with Gasteiger partial charge in [-0.1, -0.05) is 12.1 Å². The predicted molar refractivity (Wildman–Crippen MR) is 91.0 cm³/mol. The number of fused-ring (bicyclic) bond motifs is 1. The molecule has 1 saturated heterocycles. The van der Waals surface area contributed by atoms with Gasteiger partial charge in [0.1, 0.15) is 0 Å². The van der Waals surface area contributed by atoms with Crippen molar-refractivity contribution in [1.82, 2.24) is 9.88 Å². The first kappa shape index (κ1) is 21.3. The van der Waals surface area contributed by atoms with Crippen molar-refractivity contribution in [3.8, 4) is 0 Å². The molecule has 2 fully saturated rings. The summed E-state index contributed by atoms with van der Waals surface area (Å²) in [6, 6.07) is 6.55. The van der Waals surface area contributed by atoms with Gasteiger partial charge < -0.3 is 14.6 Å². The Morgan fingerprint density at radius 3 is 2.78 bits per heavy atom. The molecule has 1 aliphatic carbocycles. The Morgan fingerprint density at radius 2 is 2.19 bits per heavy atom. The molecular formula is C18H23F3N2O4. The van der Waals surface area contributed by atoms with Crippen LogP contribution in [-0.2, 0) is 20.8 Å². The average Bonchev–Trinajstić information content (AvgIpc) is 3.05. The molecule has 1 aliphatic heterocycles. The monoisotopic (exact) mass is 388 g/mol. The SMILES string of the molecule is C=CCO[C@H]1CC[C@H]2[C@H]1OCCN2Cc1ccccn1.O=C(O)C(F)(F)F. The molecule has 2 heterocycles. The van der Waals surface area contributed by atoms with Gasteiger partial charge >= 0.3 is 12.1 Å². The van der Waals surface area contributed by atoms with Crippen molar-refractivity contribution in [2.75, 3.05) is 19.8 Å². The van der Waals surface area contributed by atoms with Crippen LogP contribution in [-0.4, -0.2) is 65.1 Å². The number of nitrogens with zero attached hydrogens (tertiary/aromatic N) is 2. The number of hydrogen-bond donors (Lipinski definition) is 1. The van der Waals surface area contributed by atoms with Crippen molar-refractivity contribution in [1.29, 1.82) is 0 Å². The second-order valence-corrected chi connectivity index (χ2v) is 6.24. The summed E-state index contributed by atoms with van der Waals surface area (Å²) in [5.74, 6) is -2.76. The van der Waals surface area contributed by atoms with E-state index in [1.165, 1.54) is 0 Å². The minimum Gasteiger partial charge on any atom is -0.475 e. The lowest BCUT2D eigenvalue weighted by Gasteiger charge is -2.38. The van der Waals surface area contributed by atoms with Crippen LogP contribution in [0.4, 0.5) is 13.2 Å². The molecule has 3 rings (SSSR count). The van der Waals surface area contributed by atoms with E-state index in [0.717, 1.165) is 38.2 Å². The number of halogens is 3. The van der Waals surface area contributed by atoms with E-state index in [-0.39, 0.29) is 12.2 Å². The maximum absolute atomic E-state index is 10.6. The first-order chi connectivity index (χ1) is 12.8. The number of ether oxygens (including phenoxy) is 2. The van der Waals surface area contributed by atoms with Crippen LogP contribution in [0.25, 0.3) is 0 Å². The Morgan fingerprint density at radius 1 is 1.44 bits per heavy atom. The van der Waals surface area contributed by atoms with Gasteiger partial charge in [0.25, 0.3) is 0 Å². The topological polar surface area (TPSA) is 71.9 Å². The van der Waals surface area contributed by atoms with E-state index in [2.05, 4.69) is 22.5 Å². The normalized spacial score (nSPS) is 25.2. The third kappa shape index (κ3) is 6.30. The summed E-state index contributed by atoms with van der Waals surface area (Å²) in [5, 5.41) is 7.12. The number of rotatable bonds is 5. The number of morpholine rings is 1. The molecule has 0 aromatic carbocycles. The Balaban J connectivity index is 0.000000321. The van der Waals surface area contributed by atoms with Crippen molar-refractivity contribution in [3.05, 3.63) is 42.7 Å². The number of aliphatic carboxylic acids is 1. The number of carboxylic acid groups (broad SMARTS) is 1. The zero-order chi connectivity index (χ0) is 19.9. The fourth-order valence-electron chi connectivity index (χ4n) is 3.26. The van der Waals surface area contributed by atoms with Crippen LogP contribution in [0.15, 0.2) is 37.1 Å². The molecule has 0 spiro atoms. The van der Waals surface area contributed by atoms with Crippen molar-refractivity contribution in [2.45, 2.75) is 43.8 Å². The third-order valence-corrected chi connectivity index (χ3v) is 4.41. The molecule has 9 heteroatoms. The van der Waals surface area contributed by atoms with Crippen LogP contribution in [0.2, 0.25) is 0 Å². The molecule has 150 valence electrons. The second kappa shape index (κ2) is 9.82. The average molecular weight is 388 g/mol. The first-order valence-electron chi connectivity index (χ1n) is 8.61. The standard InChI is InChI=1S/C16H22N2O2.C2HF3O2/c1-2-10-19-15-7-6-14-16(15)20-11-9-18(14)12-13-5-3-4-8-17-13;3-2(4,5)1(6)7/h2-5,8,14-16H,1,6-7,9-12H2;(H,6,7)/t14-,15-,16+;/m0./s1. The largest absolute Gasteiger partial charge is 0.490 e. The van der Waals surface area contributed by atoms with Crippen molar-refractivity contribution < 1.29 is 32.5 Å². The number of aromatic nitrogens is 1. The van der Waals surface area contributed by atoms with Crippen molar-refractivity contribution in [2.24, 2.45) is 0 Å². The van der Waals surface area contributed by atoms with E-state index in [1.807, 2.05) is 24.4 Å². The summed E-state index contributed by atoms with van der Waals surface area (Å²) < 4.78 is 43.5. The zero-order valence-electron chi connectivity index (χ0n) is 14.8. The van der Waals surface area contributed by atoms with Gasteiger partial charge in [0.05, 0.1) is 31.1 Å². The van der Waals surface area contributed by atoms with Crippen LogP contribution in [0.3, 0.4) is 0 Å². The molecular weight excluding hydrogens is 365 g/mol. The highest BCUT2D eigenvalue weighted by Crippen LogP contribution is 2.32. The van der Waals surface area contributed by atoms with Crippen molar-refractivity contribution in [3.63, 3.8) is 0 Å². The molecule has 0 unspecified atom stereocenters. The Hall–Kier alpha value is -1.97. The van der Waals surface area contributed by atoms with Gasteiger partial charge in [-0.3, -0.25) is 9.88 Å². The molecule has 0 amide bonds. The first-order valence-corrected chi connectivity index (χ1v) is 8.61. The van der Waals surface area contributed by atoms with E-state index in [9.17, 15) is 13.2 Å². The maximum Gasteiger partial charge on any atom is 0.490 e. The lowest BCUT2D eigenvalue weighted by molar-refractivity contribution is -0.192. The van der Waals surface area contributed by atoms with E-state index >= 15 is 0 Å². The maximum atomic E-state index is 10.6. The molecule has 6 nitrogen and oxygen atoms in total. The zero-order valence-corrected chi connectivity index (χ0v) is 14.8. The van der Waals surface area contributed by atoms with Gasteiger partial charge in [0.2, 0.25) is 0 Å². The molecule has 1 aromatic rings. The summed E-state index contributed by atoms with van der Waals surface area (Å²) >= 11 is 0. The molecule has 0 radical (unpaired) electrons. The Bertz CT molecular complexity index is 612. The van der Waals surface area contributed by atoms with Gasteiger partial charge in [-0.2, -0.15) is 13.2 Å². The van der Waals surface area contributed by atoms with Gasteiger partial charge in [-0.15, -0.1) is 6.58 Å². The summed E-state index contributed by atoms with van der Waals surface area (Å²) in [7, 11) is 0. The number of carbonyl (C=O) groups is 1. The summed E-state index contributed by atoms with van der Waals surface area (Å²) in [6.07, 6.45) is 1.21. The molecule has 1 aromatic heterocycles. The highest BCUT2D eigenvalue weighted by Gasteiger charge is 2.43. The second-order valence-electron chi connectivity index (χ2n) is 6.24. The van der Waals surface area contributed by atoms with Crippen LogP contribution in [0.5, 0.6) is 0 Å². The Kier molecular flexibility index (Phi) is 7.76. The third-order valence-electron chi connectivity index (χ3n) is 4.41. The van der Waals surface area contributed by atoms with Gasteiger partial charge in [-0.05, 0) is 25.0 Å². The van der Waals surface area contributed by atoms with E-state index < -0.39 is 12.1 Å². The highest BCUT2D eigenvalue weighted by molar-refractivity contribution is 5.73. The van der Waals surface area contributed by atoms with Crippen LogP contribution in [0.1, 0.15) is 18.5 Å². The molecule has 3 atom stereocenters. The van der Waals surface area contributed by atoms with Crippen molar-refractivity contribution >= 4 is 5.97 Å². The number of hydrogen-bond acceptors (Lipinski definition) is 5. The minimum atomic E-state index is -5.08. The van der Waals surface area contributed by atoms with Crippen LogP contribution in [0, 0.1) is 0 Å². The quantitative estimate of drug-likeness (QED) is 0.782. The molecule has 1 N–H and O–H groups in total. The molecule has 2 aliphatic rings. The number of alkyl halides is 3. The van der Waals surface area contributed by atoms with Crippen LogP contribution >= 0.6 is 0 Å².